The first-order valence-corrected chi connectivity index (χ1v) is 4.66. The average Bonchev–Trinajstić information content (AvgIpc) is 2.36. The van der Waals surface area contributed by atoms with Crippen molar-refractivity contribution in [1.29, 1.82) is 0 Å². The van der Waals surface area contributed by atoms with Crippen LogP contribution in [0.4, 0.5) is 0 Å². The first-order valence-electron chi connectivity index (χ1n) is 4.66. The van der Waals surface area contributed by atoms with Crippen LogP contribution in [0.5, 0.6) is 0 Å². The maximum Gasteiger partial charge on any atom is 0.339 e. The van der Waals surface area contributed by atoms with E-state index in [1.807, 2.05) is 0 Å². The molecule has 0 saturated heterocycles. The number of aromatic nitrogens is 1. The van der Waals surface area contributed by atoms with Gasteiger partial charge in [0.05, 0.1) is 12.7 Å². The molecule has 0 saturated carbocycles. The van der Waals surface area contributed by atoms with Gasteiger partial charge >= 0.3 is 5.97 Å². The Hall–Kier alpha value is -1.99. The Bertz CT molecular complexity index is 434. The second kappa shape index (κ2) is 5.37. The number of esters is 1. The number of pyridine rings is 1. The third-order valence-corrected chi connectivity index (χ3v) is 2.11. The number of carbonyl (C=O) groups is 2. The summed E-state index contributed by atoms with van der Waals surface area (Å²) in [6.45, 7) is 0. The molecule has 0 aliphatic carbocycles. The fourth-order valence-electron chi connectivity index (χ4n) is 1.19. The highest BCUT2D eigenvalue weighted by molar-refractivity contribution is 5.89. The van der Waals surface area contributed by atoms with Gasteiger partial charge in [0.25, 0.3) is 0 Å². The maximum atomic E-state index is 11.2. The molecule has 0 fully saturated rings. The van der Waals surface area contributed by atoms with E-state index in [1.165, 1.54) is 25.6 Å². The van der Waals surface area contributed by atoms with Gasteiger partial charge in [-0.25, -0.2) is 4.79 Å². The van der Waals surface area contributed by atoms with Gasteiger partial charge in [-0.05, 0) is 6.07 Å². The fraction of sp³-hybridized carbons (Fsp3) is 0.300. The van der Waals surface area contributed by atoms with Crippen LogP contribution < -0.4 is 5.73 Å². The molecule has 92 valence electrons. The van der Waals surface area contributed by atoms with E-state index in [4.69, 9.17) is 5.73 Å². The van der Waals surface area contributed by atoms with Gasteiger partial charge in [-0.2, -0.15) is 0 Å². The molecule has 0 aliphatic heterocycles. The number of hydrogen-bond donors (Lipinski definition) is 3. The Labute approximate surface area is 96.8 Å². The molecule has 0 aliphatic rings. The molecule has 7 nitrogen and oxygen atoms in total. The summed E-state index contributed by atoms with van der Waals surface area (Å²) in [4.78, 5) is 25.6. The number of hydrogen-bond acceptors (Lipinski definition) is 6. The lowest BCUT2D eigenvalue weighted by atomic mass is 10.0. The highest BCUT2D eigenvalue weighted by Gasteiger charge is 2.24. The van der Waals surface area contributed by atoms with Gasteiger partial charge in [0, 0.05) is 18.0 Å². The fourth-order valence-corrected chi connectivity index (χ4v) is 1.19. The van der Waals surface area contributed by atoms with Crippen molar-refractivity contribution >= 4 is 11.9 Å². The first kappa shape index (κ1) is 13.1. The maximum absolute atomic E-state index is 11.2. The molecule has 0 spiro atoms. The third-order valence-electron chi connectivity index (χ3n) is 2.11. The number of primary amides is 1. The molecular weight excluding hydrogens is 228 g/mol. The van der Waals surface area contributed by atoms with E-state index >= 15 is 0 Å². The molecule has 1 heterocycles. The zero-order chi connectivity index (χ0) is 13.0. The monoisotopic (exact) mass is 240 g/mol. The van der Waals surface area contributed by atoms with E-state index in [0.717, 1.165) is 0 Å². The minimum atomic E-state index is -1.76. The van der Waals surface area contributed by atoms with E-state index in [0.29, 0.717) is 0 Å². The molecule has 4 N–H and O–H groups in total. The summed E-state index contributed by atoms with van der Waals surface area (Å²) in [5, 5.41) is 18.9. The zero-order valence-electron chi connectivity index (χ0n) is 9.03. The minimum Gasteiger partial charge on any atom is -0.465 e. The standard InChI is InChI=1S/C10H12N2O5/c1-17-10(16)6-2-5(3-12-4-6)7(13)8(14)9(11)15/h2-4,7-8,13-14H,1H3,(H2,11,15). The lowest BCUT2D eigenvalue weighted by Crippen LogP contribution is -2.34. The van der Waals surface area contributed by atoms with Gasteiger partial charge in [0.1, 0.15) is 6.10 Å². The predicted molar refractivity (Wildman–Crippen MR) is 55.7 cm³/mol. The number of nitrogens with zero attached hydrogens (tertiary/aromatic N) is 1. The van der Waals surface area contributed by atoms with Gasteiger partial charge in [0.2, 0.25) is 5.91 Å². The molecule has 7 heteroatoms. The largest absolute Gasteiger partial charge is 0.465 e. The van der Waals surface area contributed by atoms with Crippen molar-refractivity contribution in [3.05, 3.63) is 29.6 Å². The van der Waals surface area contributed by atoms with E-state index in [-0.39, 0.29) is 11.1 Å². The molecule has 17 heavy (non-hydrogen) atoms. The number of carbonyl (C=O) groups excluding carboxylic acids is 2. The van der Waals surface area contributed by atoms with Crippen LogP contribution in [-0.4, -0.2) is 40.3 Å². The topological polar surface area (TPSA) is 123 Å². The van der Waals surface area contributed by atoms with E-state index in [9.17, 15) is 19.8 Å². The van der Waals surface area contributed by atoms with Crippen LogP contribution in [0, 0.1) is 0 Å². The van der Waals surface area contributed by atoms with Crippen LogP contribution >= 0.6 is 0 Å². The van der Waals surface area contributed by atoms with Crippen molar-refractivity contribution in [2.45, 2.75) is 12.2 Å². The number of nitrogens with two attached hydrogens (primary N) is 1. The number of ether oxygens (including phenoxy) is 1. The smallest absolute Gasteiger partial charge is 0.339 e. The second-order valence-corrected chi connectivity index (χ2v) is 3.29. The molecule has 0 aromatic carbocycles. The van der Waals surface area contributed by atoms with Gasteiger partial charge in [0.15, 0.2) is 6.10 Å². The summed E-state index contributed by atoms with van der Waals surface area (Å²) in [6, 6.07) is 1.26. The lowest BCUT2D eigenvalue weighted by Gasteiger charge is -2.15. The SMILES string of the molecule is COC(=O)c1cncc(C(O)C(O)C(N)=O)c1. The molecule has 2 unspecified atom stereocenters. The summed E-state index contributed by atoms with van der Waals surface area (Å²) >= 11 is 0. The molecule has 2 atom stereocenters. The van der Waals surface area contributed by atoms with Crippen LogP contribution in [0.25, 0.3) is 0 Å². The highest BCUT2D eigenvalue weighted by Crippen LogP contribution is 2.17. The third kappa shape index (κ3) is 2.99. The van der Waals surface area contributed by atoms with Gasteiger partial charge in [-0.1, -0.05) is 0 Å². The average molecular weight is 240 g/mol. The van der Waals surface area contributed by atoms with Crippen molar-refractivity contribution in [1.82, 2.24) is 4.98 Å². The molecule has 1 amide bonds. The van der Waals surface area contributed by atoms with Crippen molar-refractivity contribution < 1.29 is 24.5 Å². The van der Waals surface area contributed by atoms with Crippen molar-refractivity contribution in [3.8, 4) is 0 Å². The zero-order valence-corrected chi connectivity index (χ0v) is 9.03. The molecule has 0 radical (unpaired) electrons. The van der Waals surface area contributed by atoms with Gasteiger partial charge in [-0.15, -0.1) is 0 Å². The number of amides is 1. The van der Waals surface area contributed by atoms with E-state index < -0.39 is 24.1 Å². The van der Waals surface area contributed by atoms with Crippen LogP contribution in [0.2, 0.25) is 0 Å². The normalized spacial score (nSPS) is 13.8. The van der Waals surface area contributed by atoms with Crippen LogP contribution in [0.3, 0.4) is 0 Å². The van der Waals surface area contributed by atoms with Crippen LogP contribution in [-0.2, 0) is 9.53 Å². The Morgan fingerprint density at radius 2 is 2.06 bits per heavy atom. The molecular formula is C10H12N2O5. The minimum absolute atomic E-state index is 0.0965. The van der Waals surface area contributed by atoms with Crippen molar-refractivity contribution in [3.63, 3.8) is 0 Å². The quantitative estimate of drug-likeness (QED) is 0.565. The summed E-state index contributed by atoms with van der Waals surface area (Å²) in [6.07, 6.45) is -0.851. The van der Waals surface area contributed by atoms with Gasteiger partial charge < -0.3 is 20.7 Å². The second-order valence-electron chi connectivity index (χ2n) is 3.29. The van der Waals surface area contributed by atoms with Crippen molar-refractivity contribution in [2.75, 3.05) is 7.11 Å². The molecule has 1 aromatic rings. The Morgan fingerprint density at radius 3 is 2.59 bits per heavy atom. The van der Waals surface area contributed by atoms with Crippen LogP contribution in [0.1, 0.15) is 22.0 Å². The summed E-state index contributed by atoms with van der Waals surface area (Å²) in [7, 11) is 1.20. The number of aliphatic hydroxyl groups excluding tert-OH is 2. The van der Waals surface area contributed by atoms with E-state index in [2.05, 4.69) is 9.72 Å². The summed E-state index contributed by atoms with van der Waals surface area (Å²) < 4.78 is 4.46. The van der Waals surface area contributed by atoms with Crippen molar-refractivity contribution in [2.24, 2.45) is 5.73 Å². The molecule has 1 rings (SSSR count). The summed E-state index contributed by atoms with van der Waals surface area (Å²) in [5.41, 5.74) is 5.03. The molecule has 1 aromatic heterocycles. The Morgan fingerprint density at radius 1 is 1.41 bits per heavy atom. The van der Waals surface area contributed by atoms with Crippen LogP contribution in [0.15, 0.2) is 18.5 Å². The predicted octanol–water partition coefficient (Wildman–Crippen LogP) is -1.25. The number of rotatable bonds is 4. The Balaban J connectivity index is 2.99. The van der Waals surface area contributed by atoms with Gasteiger partial charge in [-0.3, -0.25) is 9.78 Å². The lowest BCUT2D eigenvalue weighted by molar-refractivity contribution is -0.131. The summed E-state index contributed by atoms with van der Waals surface area (Å²) in [5.74, 6) is -1.71. The highest BCUT2D eigenvalue weighted by atomic mass is 16.5. The molecule has 0 bridgehead atoms. The van der Waals surface area contributed by atoms with E-state index in [1.54, 1.807) is 0 Å². The first-order chi connectivity index (χ1) is 7.97. The number of aliphatic hydroxyl groups is 2. The number of methoxy groups -OCH3 is 1. The Kier molecular flexibility index (Phi) is 4.13.